The van der Waals surface area contributed by atoms with E-state index in [1.165, 1.54) is 38.5 Å². The molecule has 8 heteroatoms. The molecule has 37 heavy (non-hydrogen) atoms. The third-order valence-electron chi connectivity index (χ3n) is 7.08. The van der Waals surface area contributed by atoms with Gasteiger partial charge in [-0.15, -0.1) is 0 Å². The Morgan fingerprint density at radius 2 is 1.68 bits per heavy atom. The molecule has 1 heterocycles. The standard InChI is InChI=1S/C23H28N4O4.C6H12/c24-22-25-19-11-10-18(31-17-6-2-1-3-7-17)14-16(19)15-27(22)12-13-30-23(29)26-20-8-4-5-9-21(20)28;1-2-4-6-5-3-1/h1-3,6-7,10-11,14,20-21,28H,4-5,8-9,12-13,15H2,(H2,24,25)(H,26,29);1-6H2. The molecule has 8 nitrogen and oxygen atoms in total. The first-order valence-electron chi connectivity index (χ1n) is 13.6. The number of hydrogen-bond donors (Lipinski definition) is 3. The van der Waals surface area contributed by atoms with Crippen LogP contribution in [-0.2, 0) is 11.3 Å². The van der Waals surface area contributed by atoms with Gasteiger partial charge in [-0.05, 0) is 43.2 Å². The van der Waals surface area contributed by atoms with Gasteiger partial charge in [0.1, 0.15) is 18.1 Å². The summed E-state index contributed by atoms with van der Waals surface area (Å²) in [5, 5.41) is 12.7. The number of para-hydroxylation sites is 1. The number of nitrogens with two attached hydrogens (primary N) is 1. The minimum absolute atomic E-state index is 0.167. The molecule has 0 radical (unpaired) electrons. The molecule has 2 aromatic carbocycles. The van der Waals surface area contributed by atoms with Crippen LogP contribution in [0.2, 0.25) is 0 Å². The summed E-state index contributed by atoms with van der Waals surface area (Å²) in [4.78, 5) is 18.4. The summed E-state index contributed by atoms with van der Waals surface area (Å²) in [6.07, 6.45) is 11.4. The first-order valence-corrected chi connectivity index (χ1v) is 13.6. The molecule has 3 aliphatic rings. The van der Waals surface area contributed by atoms with Gasteiger partial charge in [0.05, 0.1) is 24.4 Å². The molecule has 0 bridgehead atoms. The van der Waals surface area contributed by atoms with E-state index in [0.717, 1.165) is 42.0 Å². The lowest BCUT2D eigenvalue weighted by Gasteiger charge is -2.29. The highest BCUT2D eigenvalue weighted by atomic mass is 16.5. The van der Waals surface area contributed by atoms with Gasteiger partial charge < -0.3 is 30.5 Å². The molecule has 200 valence electrons. The molecular weight excluding hydrogens is 468 g/mol. The topological polar surface area (TPSA) is 109 Å². The molecule has 2 fully saturated rings. The number of aliphatic hydroxyl groups is 1. The van der Waals surface area contributed by atoms with Crippen molar-refractivity contribution < 1.29 is 19.4 Å². The number of benzene rings is 2. The third-order valence-corrected chi connectivity index (χ3v) is 7.08. The number of aliphatic imine (C=N–C) groups is 1. The molecule has 0 spiro atoms. The molecule has 5 rings (SSSR count). The van der Waals surface area contributed by atoms with E-state index in [-0.39, 0.29) is 12.6 Å². The van der Waals surface area contributed by atoms with Crippen LogP contribution in [0.1, 0.15) is 69.8 Å². The number of alkyl carbamates (subject to hydrolysis) is 1. The van der Waals surface area contributed by atoms with E-state index in [9.17, 15) is 9.90 Å². The quantitative estimate of drug-likeness (QED) is 0.468. The maximum Gasteiger partial charge on any atom is 0.407 e. The van der Waals surface area contributed by atoms with E-state index in [0.29, 0.717) is 25.5 Å². The van der Waals surface area contributed by atoms with Crippen LogP contribution in [-0.4, -0.2) is 47.4 Å². The Hall–Kier alpha value is -3.26. The smallest absolute Gasteiger partial charge is 0.407 e. The van der Waals surface area contributed by atoms with Gasteiger partial charge in [-0.1, -0.05) is 69.6 Å². The van der Waals surface area contributed by atoms with Gasteiger partial charge in [0.2, 0.25) is 0 Å². The summed E-state index contributed by atoms with van der Waals surface area (Å²) in [5.41, 5.74) is 7.88. The molecule has 2 atom stereocenters. The summed E-state index contributed by atoms with van der Waals surface area (Å²) in [5.74, 6) is 1.87. The maximum atomic E-state index is 12.1. The molecule has 4 N–H and O–H groups in total. The minimum Gasteiger partial charge on any atom is -0.457 e. The molecule has 0 saturated heterocycles. The number of nitrogens with one attached hydrogen (secondary N) is 1. The van der Waals surface area contributed by atoms with Crippen molar-refractivity contribution in [2.45, 2.75) is 82.9 Å². The van der Waals surface area contributed by atoms with Gasteiger partial charge in [0.15, 0.2) is 5.96 Å². The Morgan fingerprint density at radius 3 is 2.38 bits per heavy atom. The van der Waals surface area contributed by atoms with E-state index >= 15 is 0 Å². The van der Waals surface area contributed by atoms with Crippen molar-refractivity contribution in [2.24, 2.45) is 10.7 Å². The van der Waals surface area contributed by atoms with Gasteiger partial charge >= 0.3 is 6.09 Å². The number of rotatable bonds is 6. The zero-order chi connectivity index (χ0) is 25.9. The number of nitrogens with zero attached hydrogens (tertiary/aromatic N) is 2. The van der Waals surface area contributed by atoms with Gasteiger partial charge in [-0.25, -0.2) is 9.79 Å². The van der Waals surface area contributed by atoms with Crippen LogP contribution in [0.3, 0.4) is 0 Å². The van der Waals surface area contributed by atoms with E-state index < -0.39 is 12.2 Å². The Kier molecular flexibility index (Phi) is 10.1. The second-order valence-electron chi connectivity index (χ2n) is 9.96. The highest BCUT2D eigenvalue weighted by molar-refractivity contribution is 5.83. The summed E-state index contributed by atoms with van der Waals surface area (Å²) >= 11 is 0. The number of hydrogen-bond acceptors (Lipinski definition) is 7. The second-order valence-corrected chi connectivity index (χ2v) is 9.96. The lowest BCUT2D eigenvalue weighted by Crippen LogP contribution is -2.46. The van der Waals surface area contributed by atoms with Crippen molar-refractivity contribution in [1.82, 2.24) is 10.2 Å². The average Bonchev–Trinajstić information content (AvgIpc) is 2.92. The minimum atomic E-state index is -0.516. The van der Waals surface area contributed by atoms with Crippen LogP contribution in [0.25, 0.3) is 0 Å². The van der Waals surface area contributed by atoms with Crippen LogP contribution in [0.5, 0.6) is 11.5 Å². The lowest BCUT2D eigenvalue weighted by atomic mass is 9.93. The fourth-order valence-electron chi connectivity index (χ4n) is 4.94. The van der Waals surface area contributed by atoms with Gasteiger partial charge in [-0.2, -0.15) is 0 Å². The molecule has 2 saturated carbocycles. The predicted molar refractivity (Wildman–Crippen MR) is 145 cm³/mol. The average molecular weight is 509 g/mol. The fourth-order valence-corrected chi connectivity index (χ4v) is 4.94. The normalized spacial score (nSPS) is 21.0. The number of carbonyl (C=O) groups is 1. The number of guanidine groups is 1. The zero-order valence-corrected chi connectivity index (χ0v) is 21.6. The summed E-state index contributed by atoms with van der Waals surface area (Å²) in [6.45, 7) is 1.13. The zero-order valence-electron chi connectivity index (χ0n) is 21.6. The van der Waals surface area contributed by atoms with Crippen molar-refractivity contribution in [3.63, 3.8) is 0 Å². The maximum absolute atomic E-state index is 12.1. The third kappa shape index (κ3) is 8.39. The van der Waals surface area contributed by atoms with Crippen LogP contribution >= 0.6 is 0 Å². The predicted octanol–water partition coefficient (Wildman–Crippen LogP) is 5.61. The first kappa shape index (κ1) is 26.8. The van der Waals surface area contributed by atoms with E-state index in [2.05, 4.69) is 10.3 Å². The van der Waals surface area contributed by atoms with Crippen LogP contribution in [0, 0.1) is 0 Å². The molecule has 1 amide bonds. The van der Waals surface area contributed by atoms with Crippen LogP contribution in [0.4, 0.5) is 10.5 Å². The van der Waals surface area contributed by atoms with E-state index in [4.69, 9.17) is 15.2 Å². The van der Waals surface area contributed by atoms with Crippen LogP contribution in [0.15, 0.2) is 53.5 Å². The fraction of sp³-hybridized carbons (Fsp3) is 0.517. The Balaban J connectivity index is 0.000000469. The van der Waals surface area contributed by atoms with Crippen molar-refractivity contribution in [1.29, 1.82) is 0 Å². The van der Waals surface area contributed by atoms with Gasteiger partial charge in [-0.3, -0.25) is 0 Å². The number of aliphatic hydroxyl groups excluding tert-OH is 1. The lowest BCUT2D eigenvalue weighted by molar-refractivity contribution is 0.0784. The first-order chi connectivity index (χ1) is 18.1. The van der Waals surface area contributed by atoms with Gasteiger partial charge in [0.25, 0.3) is 0 Å². The number of amides is 1. The van der Waals surface area contributed by atoms with Crippen molar-refractivity contribution in [2.75, 3.05) is 13.2 Å². The number of fused-ring (bicyclic) bond motifs is 1. The molecule has 0 aromatic heterocycles. The summed E-state index contributed by atoms with van der Waals surface area (Å²) < 4.78 is 11.2. The van der Waals surface area contributed by atoms with Gasteiger partial charge in [0, 0.05) is 12.1 Å². The number of ether oxygens (including phenoxy) is 2. The number of carbonyl (C=O) groups excluding carboxylic acids is 1. The molecule has 2 unspecified atom stereocenters. The van der Waals surface area contributed by atoms with Crippen LogP contribution < -0.4 is 15.8 Å². The SMILES string of the molecule is C1CCCCC1.NC1=Nc2ccc(Oc3ccccc3)cc2CN1CCOC(=O)NC1CCCCC1O. The van der Waals surface area contributed by atoms with E-state index in [1.54, 1.807) is 0 Å². The molecule has 1 aliphatic heterocycles. The summed E-state index contributed by atoms with van der Waals surface area (Å²) in [6, 6.07) is 15.0. The van der Waals surface area contributed by atoms with Crippen molar-refractivity contribution in [3.8, 4) is 11.5 Å². The molecule has 2 aliphatic carbocycles. The highest BCUT2D eigenvalue weighted by Gasteiger charge is 2.25. The summed E-state index contributed by atoms with van der Waals surface area (Å²) in [7, 11) is 0. The Bertz CT molecular complexity index is 1010. The Labute approximate surface area is 219 Å². The van der Waals surface area contributed by atoms with Crippen molar-refractivity contribution in [3.05, 3.63) is 54.1 Å². The van der Waals surface area contributed by atoms with E-state index in [1.807, 2.05) is 53.4 Å². The molecule has 2 aromatic rings. The Morgan fingerprint density at radius 1 is 0.973 bits per heavy atom. The highest BCUT2D eigenvalue weighted by Crippen LogP contribution is 2.31. The monoisotopic (exact) mass is 508 g/mol. The second kappa shape index (κ2) is 13.9. The largest absolute Gasteiger partial charge is 0.457 e. The van der Waals surface area contributed by atoms with Crippen molar-refractivity contribution >= 4 is 17.7 Å². The molecular formula is C29H40N4O4.